The fourth-order valence-electron chi connectivity index (χ4n) is 3.79. The molecule has 2 aliphatic heterocycles. The minimum Gasteiger partial charge on any atom is -0.507 e. The first-order chi connectivity index (χ1) is 14.1. The van der Waals surface area contributed by atoms with Crippen molar-refractivity contribution in [3.63, 3.8) is 0 Å². The first kappa shape index (κ1) is 19.4. The van der Waals surface area contributed by atoms with Gasteiger partial charge in [-0.05, 0) is 19.1 Å². The van der Waals surface area contributed by atoms with Crippen LogP contribution in [0.4, 0.5) is 0 Å². The molecule has 152 valence electrons. The van der Waals surface area contributed by atoms with E-state index in [1.807, 2.05) is 19.1 Å². The molecule has 0 radical (unpaired) electrons. The number of hydrogen-bond acceptors (Lipinski definition) is 6. The highest BCUT2D eigenvalue weighted by atomic mass is 16.5. The summed E-state index contributed by atoms with van der Waals surface area (Å²) in [5, 5.41) is 10.9. The van der Waals surface area contributed by atoms with Gasteiger partial charge in [0.2, 0.25) is 0 Å². The largest absolute Gasteiger partial charge is 0.507 e. The van der Waals surface area contributed by atoms with E-state index in [-0.39, 0.29) is 11.3 Å². The third-order valence-electron chi connectivity index (χ3n) is 5.44. The minimum atomic E-state index is -0.743. The molecule has 2 aromatic rings. The third kappa shape index (κ3) is 3.83. The number of amides is 1. The lowest BCUT2D eigenvalue weighted by Gasteiger charge is -2.30. The number of nitrogens with zero attached hydrogens (tertiary/aromatic N) is 2. The molecule has 3 heterocycles. The van der Waals surface area contributed by atoms with Crippen LogP contribution in [0.3, 0.4) is 0 Å². The Kier molecular flexibility index (Phi) is 5.51. The van der Waals surface area contributed by atoms with Crippen LogP contribution in [0.25, 0.3) is 5.76 Å². The molecule has 2 fully saturated rings. The predicted molar refractivity (Wildman–Crippen MR) is 106 cm³/mol. The van der Waals surface area contributed by atoms with E-state index in [9.17, 15) is 14.7 Å². The molecule has 1 aromatic carbocycles. The van der Waals surface area contributed by atoms with Crippen LogP contribution in [0.2, 0.25) is 0 Å². The molecule has 1 aromatic heterocycles. The first-order valence-corrected chi connectivity index (χ1v) is 9.75. The lowest BCUT2D eigenvalue weighted by atomic mass is 9.99. The molecule has 0 spiro atoms. The number of aliphatic hydroxyl groups excluding tert-OH is 1. The van der Waals surface area contributed by atoms with Crippen molar-refractivity contribution >= 4 is 17.4 Å². The van der Waals surface area contributed by atoms with Gasteiger partial charge in [-0.3, -0.25) is 14.5 Å². The number of Topliss-reactive ketones (excluding diaryl/α,β-unsaturated/α-hetero) is 1. The summed E-state index contributed by atoms with van der Waals surface area (Å²) in [5.41, 5.74) is 1.60. The van der Waals surface area contributed by atoms with Gasteiger partial charge in [0.15, 0.2) is 0 Å². The summed E-state index contributed by atoms with van der Waals surface area (Å²) in [6.07, 6.45) is 1.50. The topological polar surface area (TPSA) is 83.2 Å². The van der Waals surface area contributed by atoms with Crippen LogP contribution in [0.5, 0.6) is 0 Å². The number of ketones is 1. The molecule has 0 saturated carbocycles. The van der Waals surface area contributed by atoms with Crippen molar-refractivity contribution in [1.29, 1.82) is 0 Å². The third-order valence-corrected chi connectivity index (χ3v) is 5.44. The number of rotatable bonds is 5. The molecule has 0 bridgehead atoms. The van der Waals surface area contributed by atoms with Crippen LogP contribution in [0.15, 0.2) is 52.7 Å². The van der Waals surface area contributed by atoms with Crippen LogP contribution in [-0.4, -0.2) is 66.0 Å². The molecule has 1 atom stereocenters. The summed E-state index contributed by atoms with van der Waals surface area (Å²) in [5.74, 6) is -1.03. The maximum absolute atomic E-state index is 12.9. The van der Waals surface area contributed by atoms with Gasteiger partial charge >= 0.3 is 0 Å². The van der Waals surface area contributed by atoms with Gasteiger partial charge in [-0.15, -0.1) is 0 Å². The Balaban J connectivity index is 1.68. The summed E-state index contributed by atoms with van der Waals surface area (Å²) in [6.45, 7) is 5.83. The van der Waals surface area contributed by atoms with E-state index in [2.05, 4.69) is 4.90 Å². The Morgan fingerprint density at radius 1 is 1.10 bits per heavy atom. The number of morpholine rings is 1. The van der Waals surface area contributed by atoms with Crippen LogP contribution in [0.1, 0.15) is 22.9 Å². The molecule has 1 amide bonds. The lowest BCUT2D eigenvalue weighted by Crippen LogP contribution is -2.42. The molecule has 4 rings (SSSR count). The van der Waals surface area contributed by atoms with Crippen LogP contribution < -0.4 is 0 Å². The predicted octanol–water partition coefficient (Wildman–Crippen LogP) is 2.34. The number of aryl methyl sites for hydroxylation is 1. The van der Waals surface area contributed by atoms with Gasteiger partial charge in [-0.25, -0.2) is 0 Å². The maximum atomic E-state index is 12.9. The molecular weight excluding hydrogens is 372 g/mol. The molecule has 29 heavy (non-hydrogen) atoms. The van der Waals surface area contributed by atoms with Crippen molar-refractivity contribution in [3.8, 4) is 0 Å². The number of ether oxygens (including phenoxy) is 1. The zero-order valence-electron chi connectivity index (χ0n) is 16.3. The Morgan fingerprint density at radius 3 is 2.48 bits per heavy atom. The summed E-state index contributed by atoms with van der Waals surface area (Å²) in [7, 11) is 0. The van der Waals surface area contributed by atoms with Crippen molar-refractivity contribution in [3.05, 3.63) is 65.1 Å². The number of benzene rings is 1. The zero-order chi connectivity index (χ0) is 20.4. The summed E-state index contributed by atoms with van der Waals surface area (Å²) < 4.78 is 10.9. The van der Waals surface area contributed by atoms with Gasteiger partial charge in [-0.1, -0.05) is 29.8 Å². The number of furan rings is 1. The van der Waals surface area contributed by atoms with Crippen molar-refractivity contribution in [1.82, 2.24) is 9.80 Å². The van der Waals surface area contributed by atoms with E-state index in [4.69, 9.17) is 9.15 Å². The monoisotopic (exact) mass is 396 g/mol. The second-order valence-corrected chi connectivity index (χ2v) is 7.33. The Bertz CT molecular complexity index is 911. The number of likely N-dealkylation sites (tertiary alicyclic amines) is 1. The van der Waals surface area contributed by atoms with Crippen molar-refractivity contribution in [2.24, 2.45) is 0 Å². The molecular formula is C22H24N2O5. The normalized spacial score (nSPS) is 22.4. The van der Waals surface area contributed by atoms with E-state index in [0.717, 1.165) is 18.7 Å². The molecule has 2 saturated heterocycles. The SMILES string of the molecule is Cc1ccc(/C(O)=C2/C(=O)C(=O)N(CCN3CCOCC3)C2c2ccco2)cc1. The molecule has 7 nitrogen and oxygen atoms in total. The molecule has 2 aliphatic rings. The Hall–Kier alpha value is -2.90. The number of hydrogen-bond donors (Lipinski definition) is 1. The number of carbonyl (C=O) groups excluding carboxylic acids is 2. The van der Waals surface area contributed by atoms with Crippen LogP contribution >= 0.6 is 0 Å². The van der Waals surface area contributed by atoms with Gasteiger partial charge in [0.05, 0.1) is 25.1 Å². The Morgan fingerprint density at radius 2 is 1.83 bits per heavy atom. The van der Waals surface area contributed by atoms with E-state index < -0.39 is 17.7 Å². The number of aliphatic hydroxyl groups is 1. The van der Waals surface area contributed by atoms with Crippen molar-refractivity contribution in [2.75, 3.05) is 39.4 Å². The minimum absolute atomic E-state index is 0.0655. The fraction of sp³-hybridized carbons (Fsp3) is 0.364. The average Bonchev–Trinajstić information content (AvgIpc) is 3.35. The van der Waals surface area contributed by atoms with Crippen molar-refractivity contribution in [2.45, 2.75) is 13.0 Å². The average molecular weight is 396 g/mol. The van der Waals surface area contributed by atoms with Gasteiger partial charge in [0, 0.05) is 31.7 Å². The molecule has 7 heteroatoms. The highest BCUT2D eigenvalue weighted by molar-refractivity contribution is 6.46. The smallest absolute Gasteiger partial charge is 0.295 e. The summed E-state index contributed by atoms with van der Waals surface area (Å²) in [6, 6.07) is 9.88. The second-order valence-electron chi connectivity index (χ2n) is 7.33. The van der Waals surface area contributed by atoms with Gasteiger partial charge in [-0.2, -0.15) is 0 Å². The highest BCUT2D eigenvalue weighted by Gasteiger charge is 2.47. The van der Waals surface area contributed by atoms with E-state index in [1.165, 1.54) is 11.2 Å². The van der Waals surface area contributed by atoms with Crippen LogP contribution in [-0.2, 0) is 14.3 Å². The van der Waals surface area contributed by atoms with E-state index in [0.29, 0.717) is 37.6 Å². The lowest BCUT2D eigenvalue weighted by molar-refractivity contribution is -0.140. The highest BCUT2D eigenvalue weighted by Crippen LogP contribution is 2.39. The summed E-state index contributed by atoms with van der Waals surface area (Å²) >= 11 is 0. The van der Waals surface area contributed by atoms with E-state index >= 15 is 0 Å². The number of carbonyl (C=O) groups is 2. The van der Waals surface area contributed by atoms with Crippen LogP contribution in [0, 0.1) is 6.92 Å². The standard InChI is InChI=1S/C22H24N2O5/c1-15-4-6-16(7-5-15)20(25)18-19(17-3-2-12-29-17)24(22(27)21(18)26)9-8-23-10-13-28-14-11-23/h2-7,12,19,25H,8-11,13-14H2,1H3/b20-18-. The molecule has 0 aliphatic carbocycles. The summed E-state index contributed by atoms with van der Waals surface area (Å²) in [4.78, 5) is 29.4. The molecule has 1 N–H and O–H groups in total. The van der Waals surface area contributed by atoms with Gasteiger partial charge < -0.3 is 19.2 Å². The first-order valence-electron chi connectivity index (χ1n) is 9.75. The quantitative estimate of drug-likeness (QED) is 0.475. The van der Waals surface area contributed by atoms with Crippen molar-refractivity contribution < 1.29 is 23.8 Å². The zero-order valence-corrected chi connectivity index (χ0v) is 16.3. The molecule has 1 unspecified atom stereocenters. The van der Waals surface area contributed by atoms with Gasteiger partial charge in [0.25, 0.3) is 11.7 Å². The van der Waals surface area contributed by atoms with E-state index in [1.54, 1.807) is 24.3 Å². The second kappa shape index (κ2) is 8.23. The Labute approximate surface area is 169 Å². The fourth-order valence-corrected chi connectivity index (χ4v) is 3.79. The maximum Gasteiger partial charge on any atom is 0.295 e. The van der Waals surface area contributed by atoms with Gasteiger partial charge in [0.1, 0.15) is 17.6 Å².